The van der Waals surface area contributed by atoms with Crippen molar-refractivity contribution in [2.45, 2.75) is 33.1 Å². The number of esters is 1. The van der Waals surface area contributed by atoms with Crippen LogP contribution in [0, 0.1) is 13.8 Å². The predicted octanol–water partition coefficient (Wildman–Crippen LogP) is 5.89. The fourth-order valence-corrected chi connectivity index (χ4v) is 4.10. The SMILES string of the molecule is Cc1cccc(C(=O)N/N=C2\CCCc3oc(C(=O)Oc4ccc(Cl)cc4Cl)c(C)c32)c1. The summed E-state index contributed by atoms with van der Waals surface area (Å²) in [5, 5.41) is 5.00. The number of nitrogens with one attached hydrogen (secondary N) is 1. The summed E-state index contributed by atoms with van der Waals surface area (Å²) in [7, 11) is 0. The van der Waals surface area contributed by atoms with Crippen LogP contribution in [-0.4, -0.2) is 17.6 Å². The molecule has 0 saturated carbocycles. The molecule has 164 valence electrons. The van der Waals surface area contributed by atoms with Crippen molar-refractivity contribution >= 4 is 40.8 Å². The maximum atomic E-state index is 12.8. The van der Waals surface area contributed by atoms with Gasteiger partial charge >= 0.3 is 5.97 Å². The summed E-state index contributed by atoms with van der Waals surface area (Å²) in [5.74, 6) is -0.0445. The number of furan rings is 1. The number of aryl methyl sites for hydroxylation is 2. The molecule has 4 rings (SSSR count). The van der Waals surface area contributed by atoms with Crippen molar-refractivity contribution < 1.29 is 18.7 Å². The standard InChI is InChI=1S/C24H20Cl2N2O4/c1-13-5-3-6-15(11-13)23(29)28-27-18-7-4-8-20-21(18)14(2)22(31-20)24(30)32-19-10-9-16(25)12-17(19)26/h3,5-6,9-12H,4,7-8H2,1-2H3,(H,28,29)/b27-18+. The van der Waals surface area contributed by atoms with Crippen molar-refractivity contribution in [1.29, 1.82) is 0 Å². The van der Waals surface area contributed by atoms with Gasteiger partial charge in [0.15, 0.2) is 0 Å². The van der Waals surface area contributed by atoms with Gasteiger partial charge in [-0.3, -0.25) is 4.79 Å². The molecule has 0 saturated heterocycles. The molecule has 3 aromatic rings. The number of carbonyl (C=O) groups excluding carboxylic acids is 2. The Labute approximate surface area is 195 Å². The summed E-state index contributed by atoms with van der Waals surface area (Å²) >= 11 is 12.0. The second kappa shape index (κ2) is 9.18. The number of ether oxygens (including phenoxy) is 1. The van der Waals surface area contributed by atoms with E-state index in [9.17, 15) is 9.59 Å². The molecule has 1 amide bonds. The van der Waals surface area contributed by atoms with Crippen molar-refractivity contribution in [1.82, 2.24) is 5.43 Å². The molecule has 32 heavy (non-hydrogen) atoms. The lowest BCUT2D eigenvalue weighted by molar-refractivity contribution is 0.0698. The van der Waals surface area contributed by atoms with Crippen LogP contribution in [0.25, 0.3) is 0 Å². The molecular formula is C24H20Cl2N2O4. The second-order valence-electron chi connectivity index (χ2n) is 7.54. The van der Waals surface area contributed by atoms with Gasteiger partial charge in [-0.2, -0.15) is 5.10 Å². The first kappa shape index (κ1) is 22.1. The van der Waals surface area contributed by atoms with Gasteiger partial charge in [-0.05, 0) is 57.0 Å². The number of hydrogen-bond donors (Lipinski definition) is 1. The van der Waals surface area contributed by atoms with E-state index >= 15 is 0 Å². The molecule has 0 fully saturated rings. The van der Waals surface area contributed by atoms with Gasteiger partial charge in [0.25, 0.3) is 5.91 Å². The fourth-order valence-electron chi connectivity index (χ4n) is 3.65. The van der Waals surface area contributed by atoms with Crippen molar-refractivity contribution in [3.63, 3.8) is 0 Å². The Morgan fingerprint density at radius 3 is 2.66 bits per heavy atom. The highest BCUT2D eigenvalue weighted by molar-refractivity contribution is 6.35. The van der Waals surface area contributed by atoms with Gasteiger partial charge in [-0.15, -0.1) is 0 Å². The van der Waals surface area contributed by atoms with E-state index < -0.39 is 5.97 Å². The van der Waals surface area contributed by atoms with E-state index in [1.807, 2.05) is 19.1 Å². The fraction of sp³-hybridized carbons (Fsp3) is 0.208. The lowest BCUT2D eigenvalue weighted by atomic mass is 9.93. The largest absolute Gasteiger partial charge is 0.453 e. The van der Waals surface area contributed by atoms with Gasteiger partial charge < -0.3 is 9.15 Å². The zero-order valence-electron chi connectivity index (χ0n) is 17.5. The molecule has 1 aromatic heterocycles. The normalized spacial score (nSPS) is 14.2. The van der Waals surface area contributed by atoms with Gasteiger partial charge in [0.05, 0.1) is 10.7 Å². The zero-order chi connectivity index (χ0) is 22.8. The second-order valence-corrected chi connectivity index (χ2v) is 8.38. The van der Waals surface area contributed by atoms with E-state index in [4.69, 9.17) is 32.4 Å². The Bertz CT molecular complexity index is 1250. The van der Waals surface area contributed by atoms with Gasteiger partial charge in [0.1, 0.15) is 11.5 Å². The Morgan fingerprint density at radius 1 is 1.09 bits per heavy atom. The monoisotopic (exact) mass is 470 g/mol. The van der Waals surface area contributed by atoms with Crippen molar-refractivity contribution in [2.75, 3.05) is 0 Å². The van der Waals surface area contributed by atoms with Crippen LogP contribution < -0.4 is 10.2 Å². The number of nitrogens with zero attached hydrogens (tertiary/aromatic N) is 1. The van der Waals surface area contributed by atoms with Crippen LogP contribution in [0.3, 0.4) is 0 Å². The Hall–Kier alpha value is -3.09. The third-order valence-corrected chi connectivity index (χ3v) is 5.71. The third kappa shape index (κ3) is 4.56. The molecule has 0 aliphatic heterocycles. The summed E-state index contributed by atoms with van der Waals surface area (Å²) in [4.78, 5) is 25.2. The van der Waals surface area contributed by atoms with E-state index in [0.717, 1.165) is 17.5 Å². The molecule has 1 heterocycles. The Kier molecular flexibility index (Phi) is 6.35. The first-order valence-corrected chi connectivity index (χ1v) is 10.8. The topological polar surface area (TPSA) is 80.9 Å². The quantitative estimate of drug-likeness (QED) is 0.292. The maximum Gasteiger partial charge on any atom is 0.379 e. The van der Waals surface area contributed by atoms with E-state index in [1.54, 1.807) is 25.1 Å². The van der Waals surface area contributed by atoms with Gasteiger partial charge in [-0.1, -0.05) is 40.9 Å². The van der Waals surface area contributed by atoms with E-state index in [0.29, 0.717) is 40.5 Å². The molecule has 0 atom stereocenters. The lowest BCUT2D eigenvalue weighted by Gasteiger charge is -2.13. The number of hydrogen-bond acceptors (Lipinski definition) is 5. The van der Waals surface area contributed by atoms with Gasteiger partial charge in [0.2, 0.25) is 5.76 Å². The highest BCUT2D eigenvalue weighted by Crippen LogP contribution is 2.32. The minimum absolute atomic E-state index is 0.0839. The summed E-state index contributed by atoms with van der Waals surface area (Å²) in [6, 6.07) is 11.9. The molecule has 1 aliphatic rings. The number of amides is 1. The number of benzene rings is 2. The molecule has 2 aromatic carbocycles. The minimum atomic E-state index is -0.663. The van der Waals surface area contributed by atoms with Crippen LogP contribution in [0.1, 0.15) is 56.2 Å². The molecule has 6 nitrogen and oxygen atoms in total. The molecule has 1 aliphatic carbocycles. The van der Waals surface area contributed by atoms with E-state index in [1.165, 1.54) is 12.1 Å². The van der Waals surface area contributed by atoms with Crippen molar-refractivity contribution in [2.24, 2.45) is 5.10 Å². The lowest BCUT2D eigenvalue weighted by Crippen LogP contribution is -2.22. The average molecular weight is 471 g/mol. The van der Waals surface area contributed by atoms with Gasteiger partial charge in [-0.25, -0.2) is 10.2 Å². The van der Waals surface area contributed by atoms with Crippen LogP contribution in [-0.2, 0) is 6.42 Å². The number of carbonyl (C=O) groups is 2. The number of hydrazone groups is 1. The van der Waals surface area contributed by atoms with Crippen LogP contribution in [0.15, 0.2) is 52.0 Å². The molecule has 0 spiro atoms. The first-order valence-electron chi connectivity index (χ1n) is 10.1. The number of rotatable bonds is 4. The summed E-state index contributed by atoms with van der Waals surface area (Å²) in [5.41, 5.74) is 6.13. The summed E-state index contributed by atoms with van der Waals surface area (Å²) in [6.45, 7) is 3.69. The molecular weight excluding hydrogens is 451 g/mol. The molecule has 0 radical (unpaired) electrons. The van der Waals surface area contributed by atoms with Crippen LogP contribution in [0.2, 0.25) is 10.0 Å². The smallest absolute Gasteiger partial charge is 0.379 e. The summed E-state index contributed by atoms with van der Waals surface area (Å²) < 4.78 is 11.2. The molecule has 0 unspecified atom stereocenters. The maximum absolute atomic E-state index is 12.8. The molecule has 1 N–H and O–H groups in total. The third-order valence-electron chi connectivity index (χ3n) is 5.18. The Balaban J connectivity index is 1.57. The first-order chi connectivity index (χ1) is 15.3. The number of fused-ring (bicyclic) bond motifs is 1. The Morgan fingerprint density at radius 2 is 1.91 bits per heavy atom. The average Bonchev–Trinajstić information content (AvgIpc) is 3.11. The highest BCUT2D eigenvalue weighted by atomic mass is 35.5. The minimum Gasteiger partial charge on any atom is -0.453 e. The summed E-state index contributed by atoms with van der Waals surface area (Å²) in [6.07, 6.45) is 2.10. The molecule has 8 heteroatoms. The van der Waals surface area contributed by atoms with Crippen molar-refractivity contribution in [3.8, 4) is 5.75 Å². The van der Waals surface area contributed by atoms with E-state index in [-0.39, 0.29) is 22.4 Å². The van der Waals surface area contributed by atoms with Gasteiger partial charge in [0, 0.05) is 28.1 Å². The highest BCUT2D eigenvalue weighted by Gasteiger charge is 2.29. The zero-order valence-corrected chi connectivity index (χ0v) is 19.0. The number of halogens is 2. The predicted molar refractivity (Wildman–Crippen MR) is 123 cm³/mol. The van der Waals surface area contributed by atoms with Crippen LogP contribution >= 0.6 is 23.2 Å². The van der Waals surface area contributed by atoms with E-state index in [2.05, 4.69) is 10.5 Å². The van der Waals surface area contributed by atoms with Crippen molar-refractivity contribution in [3.05, 3.63) is 86.3 Å². The molecule has 0 bridgehead atoms. The van der Waals surface area contributed by atoms with Crippen LogP contribution in [0.5, 0.6) is 5.75 Å². The van der Waals surface area contributed by atoms with Crippen LogP contribution in [0.4, 0.5) is 0 Å².